The maximum atomic E-state index is 14.7. The van der Waals surface area contributed by atoms with Crippen molar-refractivity contribution in [2.24, 2.45) is 0 Å². The lowest BCUT2D eigenvalue weighted by Gasteiger charge is -2.41. The molecule has 0 saturated heterocycles. The molecule has 2 aliphatic rings. The van der Waals surface area contributed by atoms with E-state index in [1.165, 1.54) is 24.6 Å². The number of aromatic amines is 1. The molecule has 1 saturated carbocycles. The van der Waals surface area contributed by atoms with Gasteiger partial charge in [0.2, 0.25) is 0 Å². The standard InChI is InChI=1S/C32H31F2N3O2/c33-23-11-14-30-27(16-23)22(19-35-30)8-5-15-37(24-9-4-10-24)25-17-28-26(12-13-29(34)31(28)39-20-25)32(38)36-18-21-6-2-1-3-7-21/h1-3,6-7,11-14,16-17,19,24,35H,4-5,8-10,15,18,20H2,(H,36,38). The number of benzene rings is 3. The number of ether oxygens (including phenoxy) is 1. The first-order valence-corrected chi connectivity index (χ1v) is 13.6. The Balaban J connectivity index is 1.21. The van der Waals surface area contributed by atoms with Crippen LogP contribution in [0.1, 0.15) is 52.7 Å². The van der Waals surface area contributed by atoms with Crippen molar-refractivity contribution in [1.82, 2.24) is 15.2 Å². The summed E-state index contributed by atoms with van der Waals surface area (Å²) in [6.07, 6.45) is 8.93. The maximum absolute atomic E-state index is 14.7. The Labute approximate surface area is 226 Å². The van der Waals surface area contributed by atoms with Crippen LogP contribution in [-0.4, -0.2) is 35.0 Å². The molecule has 6 rings (SSSR count). The summed E-state index contributed by atoms with van der Waals surface area (Å²) in [5.41, 5.74) is 4.86. The molecule has 1 amide bonds. The number of amides is 1. The Morgan fingerprint density at radius 1 is 1.08 bits per heavy atom. The summed E-state index contributed by atoms with van der Waals surface area (Å²) in [5.74, 6) is -0.849. The third-order valence-corrected chi connectivity index (χ3v) is 7.82. The van der Waals surface area contributed by atoms with Crippen LogP contribution in [0.15, 0.2) is 72.6 Å². The van der Waals surface area contributed by atoms with Crippen molar-refractivity contribution in [2.75, 3.05) is 13.2 Å². The van der Waals surface area contributed by atoms with Crippen LogP contribution in [0.25, 0.3) is 17.0 Å². The van der Waals surface area contributed by atoms with E-state index < -0.39 is 5.82 Å². The van der Waals surface area contributed by atoms with E-state index >= 15 is 0 Å². The van der Waals surface area contributed by atoms with Crippen LogP contribution < -0.4 is 10.1 Å². The van der Waals surface area contributed by atoms with Gasteiger partial charge >= 0.3 is 0 Å². The van der Waals surface area contributed by atoms with E-state index in [2.05, 4.69) is 15.2 Å². The summed E-state index contributed by atoms with van der Waals surface area (Å²) in [5, 5.41) is 3.87. The van der Waals surface area contributed by atoms with Gasteiger partial charge in [-0.2, -0.15) is 0 Å². The lowest BCUT2D eigenvalue weighted by atomic mass is 9.90. The summed E-state index contributed by atoms with van der Waals surface area (Å²) >= 11 is 0. The van der Waals surface area contributed by atoms with Crippen molar-refractivity contribution in [3.05, 3.63) is 106 Å². The molecule has 5 nitrogen and oxygen atoms in total. The molecule has 0 spiro atoms. The Bertz CT molecular complexity index is 1530. The fourth-order valence-electron chi connectivity index (χ4n) is 5.51. The molecule has 7 heteroatoms. The lowest BCUT2D eigenvalue weighted by Crippen LogP contribution is -2.42. The van der Waals surface area contributed by atoms with Gasteiger partial charge in [0.1, 0.15) is 12.4 Å². The fourth-order valence-corrected chi connectivity index (χ4v) is 5.51. The monoisotopic (exact) mass is 527 g/mol. The van der Waals surface area contributed by atoms with Crippen molar-refractivity contribution >= 4 is 22.9 Å². The van der Waals surface area contributed by atoms with E-state index in [0.29, 0.717) is 23.7 Å². The Hall–Kier alpha value is -4.13. The minimum atomic E-state index is -0.471. The van der Waals surface area contributed by atoms with E-state index in [-0.39, 0.29) is 24.1 Å². The van der Waals surface area contributed by atoms with E-state index in [1.54, 1.807) is 12.1 Å². The number of halogens is 2. The summed E-state index contributed by atoms with van der Waals surface area (Å²) in [7, 11) is 0. The largest absolute Gasteiger partial charge is 0.484 e. The molecule has 200 valence electrons. The first-order chi connectivity index (χ1) is 19.1. The summed E-state index contributed by atoms with van der Waals surface area (Å²) in [6, 6.07) is 17.7. The van der Waals surface area contributed by atoms with Gasteiger partial charge < -0.3 is 19.9 Å². The van der Waals surface area contributed by atoms with Gasteiger partial charge in [0.05, 0.1) is 11.3 Å². The highest BCUT2D eigenvalue weighted by molar-refractivity contribution is 5.99. The van der Waals surface area contributed by atoms with Gasteiger partial charge in [-0.05, 0) is 79.6 Å². The second-order valence-corrected chi connectivity index (χ2v) is 10.3. The van der Waals surface area contributed by atoms with Gasteiger partial charge in [-0.1, -0.05) is 30.3 Å². The van der Waals surface area contributed by atoms with Gasteiger partial charge in [0.15, 0.2) is 11.6 Å². The molecule has 1 fully saturated rings. The van der Waals surface area contributed by atoms with Crippen molar-refractivity contribution in [2.45, 2.75) is 44.7 Å². The Kier molecular flexibility index (Phi) is 7.05. The number of hydrogen-bond donors (Lipinski definition) is 2. The minimum absolute atomic E-state index is 0.125. The number of nitrogens with zero attached hydrogens (tertiary/aromatic N) is 1. The predicted molar refractivity (Wildman–Crippen MR) is 148 cm³/mol. The minimum Gasteiger partial charge on any atom is -0.484 e. The number of hydrogen-bond acceptors (Lipinski definition) is 3. The number of carbonyl (C=O) groups is 1. The van der Waals surface area contributed by atoms with E-state index in [1.807, 2.05) is 42.6 Å². The van der Waals surface area contributed by atoms with Gasteiger partial charge in [0.25, 0.3) is 5.91 Å². The first-order valence-electron chi connectivity index (χ1n) is 13.6. The normalized spacial score (nSPS) is 14.8. The number of aromatic nitrogens is 1. The van der Waals surface area contributed by atoms with Crippen LogP contribution in [0.2, 0.25) is 0 Å². The first kappa shape index (κ1) is 25.2. The van der Waals surface area contributed by atoms with Crippen LogP contribution in [0.3, 0.4) is 0 Å². The quantitative estimate of drug-likeness (QED) is 0.258. The van der Waals surface area contributed by atoms with Crippen molar-refractivity contribution in [3.63, 3.8) is 0 Å². The van der Waals surface area contributed by atoms with E-state index in [0.717, 1.165) is 60.0 Å². The van der Waals surface area contributed by atoms with Gasteiger partial charge in [-0.15, -0.1) is 0 Å². The van der Waals surface area contributed by atoms with E-state index in [9.17, 15) is 13.6 Å². The SMILES string of the molecule is O=C(NCc1ccccc1)c1ccc(F)c2c1C=C(N(CCCc1c[nH]c3ccc(F)cc13)C1CCC1)CO2. The average Bonchev–Trinajstić information content (AvgIpc) is 3.32. The summed E-state index contributed by atoms with van der Waals surface area (Å²) in [4.78, 5) is 18.7. The fraction of sp³-hybridized carbons (Fsp3) is 0.281. The van der Waals surface area contributed by atoms with Gasteiger partial charge in [-0.3, -0.25) is 4.79 Å². The van der Waals surface area contributed by atoms with Crippen LogP contribution in [0.5, 0.6) is 5.75 Å². The van der Waals surface area contributed by atoms with Crippen LogP contribution >= 0.6 is 0 Å². The van der Waals surface area contributed by atoms with Crippen LogP contribution in [-0.2, 0) is 13.0 Å². The highest BCUT2D eigenvalue weighted by atomic mass is 19.1. The van der Waals surface area contributed by atoms with Gasteiger partial charge in [-0.25, -0.2) is 8.78 Å². The zero-order chi connectivity index (χ0) is 26.8. The number of H-pyrrole nitrogens is 1. The molecule has 0 unspecified atom stereocenters. The molecule has 0 bridgehead atoms. The lowest BCUT2D eigenvalue weighted by molar-refractivity contribution is 0.0949. The summed E-state index contributed by atoms with van der Waals surface area (Å²) in [6.45, 7) is 1.44. The second kappa shape index (κ2) is 10.9. The highest BCUT2D eigenvalue weighted by Gasteiger charge is 2.30. The van der Waals surface area contributed by atoms with Crippen molar-refractivity contribution in [1.29, 1.82) is 0 Å². The maximum Gasteiger partial charge on any atom is 0.252 e. The molecule has 1 aliphatic carbocycles. The number of fused-ring (bicyclic) bond motifs is 2. The Morgan fingerprint density at radius 2 is 1.92 bits per heavy atom. The molecule has 2 heterocycles. The number of carbonyl (C=O) groups excluding carboxylic acids is 1. The zero-order valence-corrected chi connectivity index (χ0v) is 21.7. The topological polar surface area (TPSA) is 57.4 Å². The number of rotatable bonds is 9. The Morgan fingerprint density at radius 3 is 2.72 bits per heavy atom. The third-order valence-electron chi connectivity index (χ3n) is 7.82. The molecule has 2 N–H and O–H groups in total. The molecule has 39 heavy (non-hydrogen) atoms. The predicted octanol–water partition coefficient (Wildman–Crippen LogP) is 6.60. The molecule has 0 atom stereocenters. The number of nitrogens with one attached hydrogen (secondary N) is 2. The van der Waals surface area contributed by atoms with Crippen LogP contribution in [0.4, 0.5) is 8.78 Å². The van der Waals surface area contributed by atoms with E-state index in [4.69, 9.17) is 4.74 Å². The smallest absolute Gasteiger partial charge is 0.252 e. The van der Waals surface area contributed by atoms with Crippen molar-refractivity contribution in [3.8, 4) is 5.75 Å². The molecular formula is C32H31F2N3O2. The van der Waals surface area contributed by atoms with Crippen LogP contribution in [0, 0.1) is 11.6 Å². The number of aryl methyl sites for hydroxylation is 1. The second-order valence-electron chi connectivity index (χ2n) is 10.3. The molecule has 3 aromatic carbocycles. The molecule has 1 aliphatic heterocycles. The summed E-state index contributed by atoms with van der Waals surface area (Å²) < 4.78 is 34.5. The molecular weight excluding hydrogens is 496 g/mol. The van der Waals surface area contributed by atoms with Crippen molar-refractivity contribution < 1.29 is 18.3 Å². The van der Waals surface area contributed by atoms with Gasteiger partial charge in [0, 0.05) is 41.8 Å². The molecule has 0 radical (unpaired) electrons. The molecule has 4 aromatic rings. The molecule has 1 aromatic heterocycles. The third kappa shape index (κ3) is 5.26. The average molecular weight is 528 g/mol. The zero-order valence-electron chi connectivity index (χ0n) is 21.7. The highest BCUT2D eigenvalue weighted by Crippen LogP contribution is 2.36.